The molecule has 0 amide bonds. The highest BCUT2D eigenvalue weighted by atomic mass is 16.8. The fourth-order valence-electron chi connectivity index (χ4n) is 8.12. The zero-order chi connectivity index (χ0) is 21.8. The molecule has 0 aromatic rings. The molecule has 0 radical (unpaired) electrons. The first kappa shape index (κ1) is 19.0. The van der Waals surface area contributed by atoms with Crippen molar-refractivity contribution in [2.24, 2.45) is 28.1 Å². The fraction of sp³-hybridized carbons (Fsp3) is 0.850. The molecule has 10 nitrogen and oxygen atoms in total. The molecule has 6 rings (SSSR count). The maximum absolute atomic E-state index is 13.4. The molecule has 10 heteroatoms. The molecule has 2 saturated carbocycles. The van der Waals surface area contributed by atoms with Gasteiger partial charge in [0.15, 0.2) is 17.8 Å². The lowest BCUT2D eigenvalue weighted by molar-refractivity contribution is -0.239. The Balaban J connectivity index is 1.72. The Hall–Kier alpha value is -1.75. The van der Waals surface area contributed by atoms with Crippen LogP contribution in [0.15, 0.2) is 0 Å². The van der Waals surface area contributed by atoms with E-state index < -0.39 is 87.9 Å². The number of carbonyl (C=O) groups is 3. The molecule has 6 aliphatic rings. The summed E-state index contributed by atoms with van der Waals surface area (Å²) in [6.07, 6.45) is -6.91. The molecule has 2 unspecified atom stereocenters. The van der Waals surface area contributed by atoms with Crippen LogP contribution in [0.1, 0.15) is 34.1 Å². The number of hydrogen-bond acceptors (Lipinski definition) is 10. The van der Waals surface area contributed by atoms with Gasteiger partial charge in [0.25, 0.3) is 0 Å². The van der Waals surface area contributed by atoms with Gasteiger partial charge in [0.05, 0.1) is 16.7 Å². The first-order valence-corrected chi connectivity index (χ1v) is 10.2. The van der Waals surface area contributed by atoms with Gasteiger partial charge in [-0.05, 0) is 24.7 Å². The van der Waals surface area contributed by atoms with Crippen LogP contribution < -0.4 is 0 Å². The first-order chi connectivity index (χ1) is 13.8. The summed E-state index contributed by atoms with van der Waals surface area (Å²) in [5, 5.41) is 34.7. The third-order valence-corrected chi connectivity index (χ3v) is 9.00. The number of rotatable bonds is 0. The molecule has 0 bridgehead atoms. The van der Waals surface area contributed by atoms with Crippen LogP contribution in [0.3, 0.4) is 0 Å². The Morgan fingerprint density at radius 2 is 1.70 bits per heavy atom. The lowest BCUT2D eigenvalue weighted by Crippen LogP contribution is -2.67. The standard InChI is InChI=1S/C20H24O10/c1-6-12(23)28-11-9(21)18-8-5-7(16(2,3)4)17(18)10(22)13(24)29-15(17)30-20(18,14(25)27-8)19(6,11)26/h6-11,15,21-22,26H,5H2,1-4H3/t6-,7+,8-,9+,10+,11+,15+,17?,18?,19-,20-/m0/s1. The summed E-state index contributed by atoms with van der Waals surface area (Å²) in [5.41, 5.74) is -8.26. The first-order valence-electron chi connectivity index (χ1n) is 10.2. The molecule has 0 aromatic carbocycles. The number of fused-ring (bicyclic) bond motifs is 1. The van der Waals surface area contributed by atoms with E-state index in [1.54, 1.807) is 0 Å². The molecule has 3 N–H and O–H groups in total. The van der Waals surface area contributed by atoms with Crippen molar-refractivity contribution in [3.8, 4) is 0 Å². The Kier molecular flexibility index (Phi) is 2.97. The van der Waals surface area contributed by atoms with Crippen molar-refractivity contribution in [1.29, 1.82) is 0 Å². The molecular formula is C20H24O10. The van der Waals surface area contributed by atoms with E-state index in [9.17, 15) is 29.7 Å². The molecule has 6 fully saturated rings. The average Bonchev–Trinajstić information content (AvgIpc) is 3.35. The predicted octanol–water partition coefficient (Wildman–Crippen LogP) is -1.37. The molecule has 30 heavy (non-hydrogen) atoms. The molecule has 11 atom stereocenters. The van der Waals surface area contributed by atoms with Crippen molar-refractivity contribution in [2.75, 3.05) is 0 Å². The quantitative estimate of drug-likeness (QED) is 0.314. The normalized spacial score (nSPS) is 60.1. The Morgan fingerprint density at radius 1 is 1.03 bits per heavy atom. The molecule has 2 spiro atoms. The Bertz CT molecular complexity index is 925. The third kappa shape index (κ3) is 1.33. The van der Waals surface area contributed by atoms with Crippen LogP contribution in [0.5, 0.6) is 0 Å². The van der Waals surface area contributed by atoms with Gasteiger partial charge in [-0.15, -0.1) is 0 Å². The largest absolute Gasteiger partial charge is 0.459 e. The average molecular weight is 424 g/mol. The number of aliphatic hydroxyl groups is 3. The summed E-state index contributed by atoms with van der Waals surface area (Å²) >= 11 is 0. The number of aliphatic hydroxyl groups excluding tert-OH is 2. The summed E-state index contributed by atoms with van der Waals surface area (Å²) in [7, 11) is 0. The second kappa shape index (κ2) is 4.69. The van der Waals surface area contributed by atoms with E-state index in [2.05, 4.69) is 0 Å². The number of ether oxygens (including phenoxy) is 4. The summed E-state index contributed by atoms with van der Waals surface area (Å²) in [6, 6.07) is 0. The smallest absolute Gasteiger partial charge is 0.343 e. The summed E-state index contributed by atoms with van der Waals surface area (Å²) in [4.78, 5) is 38.2. The third-order valence-electron chi connectivity index (χ3n) is 9.00. The van der Waals surface area contributed by atoms with Gasteiger partial charge in [0, 0.05) is 0 Å². The van der Waals surface area contributed by atoms with Gasteiger partial charge in [0.2, 0.25) is 11.9 Å². The van der Waals surface area contributed by atoms with Crippen LogP contribution in [0, 0.1) is 28.1 Å². The molecule has 4 aliphatic heterocycles. The van der Waals surface area contributed by atoms with E-state index in [1.807, 2.05) is 20.8 Å². The zero-order valence-electron chi connectivity index (χ0n) is 16.9. The van der Waals surface area contributed by atoms with Crippen LogP contribution in [-0.4, -0.2) is 75.1 Å². The van der Waals surface area contributed by atoms with Gasteiger partial charge in [-0.2, -0.15) is 0 Å². The number of carbonyl (C=O) groups excluding carboxylic acids is 3. The SMILES string of the molecule is C[C@H]1C(=O)O[C@@H]2[C@@H](O)C34[C@@H]5C[C@H](C(C)(C)C)C36[C@H](OC(=O)[C@H]6O)O[C@]4(C(=O)O5)[C@@]21O. The van der Waals surface area contributed by atoms with Gasteiger partial charge >= 0.3 is 17.9 Å². The van der Waals surface area contributed by atoms with Crippen LogP contribution in [-0.2, 0) is 33.3 Å². The zero-order valence-corrected chi connectivity index (χ0v) is 16.9. The van der Waals surface area contributed by atoms with Crippen molar-refractivity contribution in [3.05, 3.63) is 0 Å². The van der Waals surface area contributed by atoms with E-state index in [-0.39, 0.29) is 6.42 Å². The van der Waals surface area contributed by atoms with E-state index >= 15 is 0 Å². The van der Waals surface area contributed by atoms with Crippen LogP contribution in [0.25, 0.3) is 0 Å². The van der Waals surface area contributed by atoms with E-state index in [0.29, 0.717) is 0 Å². The minimum Gasteiger partial charge on any atom is -0.459 e. The lowest BCUT2D eigenvalue weighted by Gasteiger charge is -2.47. The van der Waals surface area contributed by atoms with Crippen LogP contribution in [0.2, 0.25) is 0 Å². The topological polar surface area (TPSA) is 149 Å². The van der Waals surface area contributed by atoms with Crippen LogP contribution >= 0.6 is 0 Å². The molecule has 0 aromatic heterocycles. The Morgan fingerprint density at radius 3 is 2.33 bits per heavy atom. The molecule has 4 saturated heterocycles. The summed E-state index contributed by atoms with van der Waals surface area (Å²) < 4.78 is 22.5. The van der Waals surface area contributed by atoms with Crippen LogP contribution in [0.4, 0.5) is 0 Å². The van der Waals surface area contributed by atoms with Crippen molar-refractivity contribution in [1.82, 2.24) is 0 Å². The minimum atomic E-state index is -2.24. The summed E-state index contributed by atoms with van der Waals surface area (Å²) in [6.45, 7) is 7.14. The van der Waals surface area contributed by atoms with Crippen molar-refractivity contribution in [3.63, 3.8) is 0 Å². The fourth-order valence-corrected chi connectivity index (χ4v) is 8.12. The highest BCUT2D eigenvalue weighted by molar-refractivity contribution is 5.94. The van der Waals surface area contributed by atoms with Crippen molar-refractivity contribution < 1.29 is 48.7 Å². The monoisotopic (exact) mass is 424 g/mol. The van der Waals surface area contributed by atoms with Crippen molar-refractivity contribution in [2.45, 2.75) is 76.0 Å². The van der Waals surface area contributed by atoms with Gasteiger partial charge < -0.3 is 34.3 Å². The molecule has 164 valence electrons. The van der Waals surface area contributed by atoms with E-state index in [4.69, 9.17) is 18.9 Å². The minimum absolute atomic E-state index is 0.229. The molecular weight excluding hydrogens is 400 g/mol. The lowest BCUT2D eigenvalue weighted by atomic mass is 9.51. The van der Waals surface area contributed by atoms with Gasteiger partial charge in [-0.25, -0.2) is 9.59 Å². The number of hydrogen-bond donors (Lipinski definition) is 3. The molecule has 2 aliphatic carbocycles. The number of esters is 3. The predicted molar refractivity (Wildman–Crippen MR) is 92.0 cm³/mol. The maximum Gasteiger partial charge on any atom is 0.343 e. The van der Waals surface area contributed by atoms with Gasteiger partial charge in [0.1, 0.15) is 12.2 Å². The van der Waals surface area contributed by atoms with E-state index in [1.165, 1.54) is 6.92 Å². The Labute approximate surface area is 171 Å². The maximum atomic E-state index is 13.4. The second-order valence-electron chi connectivity index (χ2n) is 10.7. The van der Waals surface area contributed by atoms with Crippen molar-refractivity contribution >= 4 is 17.9 Å². The molecule has 4 heterocycles. The second-order valence-corrected chi connectivity index (χ2v) is 10.7. The highest BCUT2D eigenvalue weighted by Crippen LogP contribution is 2.84. The van der Waals surface area contributed by atoms with E-state index in [0.717, 1.165) is 0 Å². The summed E-state index contributed by atoms with van der Waals surface area (Å²) in [5.74, 6) is -4.32. The highest BCUT2D eigenvalue weighted by Gasteiger charge is 3.03. The van der Waals surface area contributed by atoms with Gasteiger partial charge in [-0.1, -0.05) is 20.8 Å². The van der Waals surface area contributed by atoms with Gasteiger partial charge in [-0.3, -0.25) is 4.79 Å².